The zero-order valence-electron chi connectivity index (χ0n) is 11.1. The second-order valence-corrected chi connectivity index (χ2v) is 5.32. The Morgan fingerprint density at radius 2 is 2.00 bits per heavy atom. The maximum Gasteiger partial charge on any atom is 0.255 e. The second-order valence-electron chi connectivity index (χ2n) is 4.47. The van der Waals surface area contributed by atoms with Crippen molar-refractivity contribution in [3.63, 3.8) is 0 Å². The fourth-order valence-electron chi connectivity index (χ4n) is 1.84. The monoisotopic (exact) mass is 322 g/mol. The molecule has 0 aliphatic carbocycles. The summed E-state index contributed by atoms with van der Waals surface area (Å²) in [5.41, 5.74) is 7.49. The van der Waals surface area contributed by atoms with E-state index in [9.17, 15) is 9.18 Å². The maximum atomic E-state index is 13.0. The lowest BCUT2D eigenvalue weighted by atomic mass is 10.1. The summed E-state index contributed by atoms with van der Waals surface area (Å²) in [6, 6.07) is 8.83. The molecule has 2 aromatic carbocycles. The first-order chi connectivity index (χ1) is 9.88. The number of halogens is 2. The van der Waals surface area contributed by atoms with E-state index >= 15 is 0 Å². The SMILES string of the molecule is Cc1cc(F)ccc1C(=O)Nc1ccc(C(N)=S)cc1Cl. The summed E-state index contributed by atoms with van der Waals surface area (Å²) in [5, 5.41) is 3.00. The van der Waals surface area contributed by atoms with Gasteiger partial charge in [0.1, 0.15) is 10.8 Å². The van der Waals surface area contributed by atoms with Crippen molar-refractivity contribution in [2.75, 3.05) is 5.32 Å². The molecule has 0 unspecified atom stereocenters. The van der Waals surface area contributed by atoms with Gasteiger partial charge in [0.05, 0.1) is 10.7 Å². The molecule has 0 aliphatic rings. The summed E-state index contributed by atoms with van der Waals surface area (Å²) in [6.07, 6.45) is 0. The molecule has 21 heavy (non-hydrogen) atoms. The average Bonchev–Trinajstić information content (AvgIpc) is 2.40. The third kappa shape index (κ3) is 3.56. The molecule has 0 aliphatic heterocycles. The van der Waals surface area contributed by atoms with Gasteiger partial charge in [-0.15, -0.1) is 0 Å². The van der Waals surface area contributed by atoms with E-state index in [-0.39, 0.29) is 16.7 Å². The van der Waals surface area contributed by atoms with Crippen LogP contribution in [0.15, 0.2) is 36.4 Å². The highest BCUT2D eigenvalue weighted by molar-refractivity contribution is 7.80. The standard InChI is InChI=1S/C15H12ClFN2OS/c1-8-6-10(17)3-4-11(8)15(20)19-13-5-2-9(14(18)21)7-12(13)16/h2-7H,1H3,(H2,18,21)(H,19,20). The summed E-state index contributed by atoms with van der Waals surface area (Å²) in [6.45, 7) is 1.66. The van der Waals surface area contributed by atoms with E-state index in [1.54, 1.807) is 25.1 Å². The Balaban J connectivity index is 2.25. The van der Waals surface area contributed by atoms with Crippen molar-refractivity contribution in [3.8, 4) is 0 Å². The third-order valence-corrected chi connectivity index (χ3v) is 3.48. The molecule has 0 aromatic heterocycles. The largest absolute Gasteiger partial charge is 0.389 e. The van der Waals surface area contributed by atoms with E-state index < -0.39 is 0 Å². The van der Waals surface area contributed by atoms with Crippen molar-refractivity contribution in [3.05, 3.63) is 63.9 Å². The molecule has 0 bridgehead atoms. The molecular weight excluding hydrogens is 311 g/mol. The van der Waals surface area contributed by atoms with Crippen LogP contribution in [0.4, 0.5) is 10.1 Å². The zero-order valence-corrected chi connectivity index (χ0v) is 12.7. The van der Waals surface area contributed by atoms with Crippen molar-refractivity contribution in [1.82, 2.24) is 0 Å². The Hall–Kier alpha value is -1.98. The molecule has 0 heterocycles. The highest BCUT2D eigenvalue weighted by Crippen LogP contribution is 2.24. The maximum absolute atomic E-state index is 13.0. The number of anilines is 1. The van der Waals surface area contributed by atoms with Gasteiger partial charge in [-0.05, 0) is 48.9 Å². The number of thiocarbonyl (C=S) groups is 1. The number of rotatable bonds is 3. The van der Waals surface area contributed by atoms with Gasteiger partial charge in [-0.3, -0.25) is 4.79 Å². The lowest BCUT2D eigenvalue weighted by molar-refractivity contribution is 0.102. The van der Waals surface area contributed by atoms with Gasteiger partial charge in [0.15, 0.2) is 0 Å². The van der Waals surface area contributed by atoms with Crippen molar-refractivity contribution in [1.29, 1.82) is 0 Å². The van der Waals surface area contributed by atoms with Crippen LogP contribution in [0.25, 0.3) is 0 Å². The van der Waals surface area contributed by atoms with Gasteiger partial charge in [0, 0.05) is 11.1 Å². The molecule has 0 saturated heterocycles. The normalized spacial score (nSPS) is 10.2. The smallest absolute Gasteiger partial charge is 0.255 e. The van der Waals surface area contributed by atoms with E-state index in [0.717, 1.165) is 0 Å². The Bertz CT molecular complexity index is 734. The van der Waals surface area contributed by atoms with Gasteiger partial charge in [-0.1, -0.05) is 23.8 Å². The Labute approximate surface area is 131 Å². The molecule has 2 aromatic rings. The van der Waals surface area contributed by atoms with Gasteiger partial charge in [0.25, 0.3) is 5.91 Å². The third-order valence-electron chi connectivity index (χ3n) is 2.93. The van der Waals surface area contributed by atoms with Crippen molar-refractivity contribution >= 4 is 40.4 Å². The van der Waals surface area contributed by atoms with Crippen LogP contribution in [-0.4, -0.2) is 10.9 Å². The molecule has 0 radical (unpaired) electrons. The summed E-state index contributed by atoms with van der Waals surface area (Å²) in [7, 11) is 0. The van der Waals surface area contributed by atoms with Crippen molar-refractivity contribution in [2.24, 2.45) is 5.73 Å². The van der Waals surface area contributed by atoms with Crippen LogP contribution in [0.5, 0.6) is 0 Å². The van der Waals surface area contributed by atoms with E-state index in [2.05, 4.69) is 5.32 Å². The Morgan fingerprint density at radius 1 is 1.29 bits per heavy atom. The van der Waals surface area contributed by atoms with Crippen molar-refractivity contribution in [2.45, 2.75) is 6.92 Å². The van der Waals surface area contributed by atoms with E-state index in [1.165, 1.54) is 18.2 Å². The van der Waals surface area contributed by atoms with E-state index in [0.29, 0.717) is 27.4 Å². The number of hydrogen-bond donors (Lipinski definition) is 2. The lowest BCUT2D eigenvalue weighted by Crippen LogP contribution is -2.14. The molecular formula is C15H12ClFN2OS. The highest BCUT2D eigenvalue weighted by Gasteiger charge is 2.12. The Kier molecular flexibility index (Phi) is 4.55. The molecule has 2 rings (SSSR count). The van der Waals surface area contributed by atoms with Gasteiger partial charge >= 0.3 is 0 Å². The first-order valence-corrected chi connectivity index (χ1v) is 6.84. The fourth-order valence-corrected chi connectivity index (χ4v) is 2.20. The van der Waals surface area contributed by atoms with Gasteiger partial charge in [-0.2, -0.15) is 0 Å². The molecule has 6 heteroatoms. The zero-order chi connectivity index (χ0) is 15.6. The summed E-state index contributed by atoms with van der Waals surface area (Å²) < 4.78 is 13.0. The summed E-state index contributed by atoms with van der Waals surface area (Å²) >= 11 is 10.9. The highest BCUT2D eigenvalue weighted by atomic mass is 35.5. The van der Waals surface area contributed by atoms with Gasteiger partial charge in [0.2, 0.25) is 0 Å². The predicted molar refractivity (Wildman–Crippen MR) is 86.4 cm³/mol. The molecule has 0 spiro atoms. The molecule has 0 fully saturated rings. The molecule has 108 valence electrons. The van der Waals surface area contributed by atoms with Crippen LogP contribution in [0.2, 0.25) is 5.02 Å². The van der Waals surface area contributed by atoms with Crippen LogP contribution in [0, 0.1) is 12.7 Å². The van der Waals surface area contributed by atoms with Crippen LogP contribution in [-0.2, 0) is 0 Å². The van der Waals surface area contributed by atoms with E-state index in [1.807, 2.05) is 0 Å². The molecule has 1 amide bonds. The number of benzene rings is 2. The Morgan fingerprint density at radius 3 is 2.57 bits per heavy atom. The number of hydrogen-bond acceptors (Lipinski definition) is 2. The van der Waals surface area contributed by atoms with Gasteiger partial charge < -0.3 is 11.1 Å². The number of nitrogens with two attached hydrogens (primary N) is 1. The first-order valence-electron chi connectivity index (χ1n) is 6.05. The van der Waals surface area contributed by atoms with Crippen LogP contribution in [0.3, 0.4) is 0 Å². The molecule has 3 nitrogen and oxygen atoms in total. The minimum Gasteiger partial charge on any atom is -0.389 e. The lowest BCUT2D eigenvalue weighted by Gasteiger charge is -2.10. The van der Waals surface area contributed by atoms with Crippen LogP contribution >= 0.6 is 23.8 Å². The number of carbonyl (C=O) groups is 1. The fraction of sp³-hybridized carbons (Fsp3) is 0.0667. The minimum absolute atomic E-state index is 0.226. The summed E-state index contributed by atoms with van der Waals surface area (Å²) in [5.74, 6) is -0.750. The predicted octanol–water partition coefficient (Wildman–Crippen LogP) is 3.67. The quantitative estimate of drug-likeness (QED) is 0.848. The number of carbonyl (C=O) groups excluding carboxylic acids is 1. The second kappa shape index (κ2) is 6.20. The van der Waals surface area contributed by atoms with Gasteiger partial charge in [-0.25, -0.2) is 4.39 Å². The molecule has 0 saturated carbocycles. The first kappa shape index (κ1) is 15.4. The number of amides is 1. The molecule has 3 N–H and O–H groups in total. The topological polar surface area (TPSA) is 55.1 Å². The number of aryl methyl sites for hydroxylation is 1. The summed E-state index contributed by atoms with van der Waals surface area (Å²) in [4.78, 5) is 12.4. The van der Waals surface area contributed by atoms with E-state index in [4.69, 9.17) is 29.6 Å². The molecule has 0 atom stereocenters. The van der Waals surface area contributed by atoms with Crippen molar-refractivity contribution < 1.29 is 9.18 Å². The average molecular weight is 323 g/mol. The minimum atomic E-state index is -0.386. The van der Waals surface area contributed by atoms with Crippen LogP contribution < -0.4 is 11.1 Å². The number of nitrogens with one attached hydrogen (secondary N) is 1. The van der Waals surface area contributed by atoms with Crippen LogP contribution in [0.1, 0.15) is 21.5 Å².